The lowest BCUT2D eigenvalue weighted by Gasteiger charge is -2.27. The first kappa shape index (κ1) is 13.4. The van der Waals surface area contributed by atoms with Crippen molar-refractivity contribution in [1.82, 2.24) is 10.2 Å². The Balaban J connectivity index is 2.38. The van der Waals surface area contributed by atoms with Crippen molar-refractivity contribution in [3.63, 3.8) is 0 Å². The van der Waals surface area contributed by atoms with Gasteiger partial charge >= 0.3 is 0 Å². The predicted octanol–water partition coefficient (Wildman–Crippen LogP) is -0.668. The molecule has 94 valence electrons. The van der Waals surface area contributed by atoms with E-state index in [9.17, 15) is 9.90 Å². The second kappa shape index (κ2) is 7.60. The van der Waals surface area contributed by atoms with E-state index < -0.39 is 0 Å². The Morgan fingerprint density at radius 2 is 2.12 bits per heavy atom. The van der Waals surface area contributed by atoms with E-state index in [1.165, 1.54) is 6.42 Å². The summed E-state index contributed by atoms with van der Waals surface area (Å²) in [5, 5.41) is 20.5. The minimum atomic E-state index is -0.0746. The van der Waals surface area contributed by atoms with Crippen LogP contribution in [0.4, 0.5) is 0 Å². The Morgan fingerprint density at radius 3 is 2.81 bits per heavy atom. The third-order valence-corrected chi connectivity index (χ3v) is 2.99. The first-order chi connectivity index (χ1) is 7.77. The van der Waals surface area contributed by atoms with E-state index in [0.717, 1.165) is 25.8 Å². The summed E-state index contributed by atoms with van der Waals surface area (Å²) in [6.45, 7) is 1.59. The van der Waals surface area contributed by atoms with E-state index in [1.54, 1.807) is 0 Å². The van der Waals surface area contributed by atoms with Gasteiger partial charge in [-0.2, -0.15) is 0 Å². The first-order valence-electron chi connectivity index (χ1n) is 6.00. The largest absolute Gasteiger partial charge is 0.395 e. The minimum Gasteiger partial charge on any atom is -0.395 e. The number of hydrogen-bond acceptors (Lipinski definition) is 4. The predicted molar refractivity (Wildman–Crippen MR) is 61.0 cm³/mol. The minimum absolute atomic E-state index is 0.0326. The zero-order valence-electron chi connectivity index (χ0n) is 9.69. The van der Waals surface area contributed by atoms with Crippen LogP contribution in [0.2, 0.25) is 0 Å². The third kappa shape index (κ3) is 4.47. The highest BCUT2D eigenvalue weighted by atomic mass is 16.3. The second-order valence-corrected chi connectivity index (χ2v) is 4.23. The van der Waals surface area contributed by atoms with Crippen molar-refractivity contribution in [3.8, 4) is 0 Å². The summed E-state index contributed by atoms with van der Waals surface area (Å²) in [5.41, 5.74) is 0. The third-order valence-electron chi connectivity index (χ3n) is 2.99. The Kier molecular flexibility index (Phi) is 6.37. The van der Waals surface area contributed by atoms with Crippen molar-refractivity contribution < 1.29 is 15.0 Å². The van der Waals surface area contributed by atoms with Crippen molar-refractivity contribution in [2.45, 2.75) is 31.7 Å². The number of amides is 1. The zero-order valence-corrected chi connectivity index (χ0v) is 9.69. The molecule has 5 heteroatoms. The molecule has 1 aliphatic rings. The molecule has 16 heavy (non-hydrogen) atoms. The molecule has 1 aliphatic heterocycles. The lowest BCUT2D eigenvalue weighted by molar-refractivity contribution is -0.123. The van der Waals surface area contributed by atoms with Crippen molar-refractivity contribution in [2.75, 3.05) is 32.8 Å². The van der Waals surface area contributed by atoms with Gasteiger partial charge < -0.3 is 15.5 Å². The van der Waals surface area contributed by atoms with Gasteiger partial charge in [0.1, 0.15) is 0 Å². The SMILES string of the molecule is O=C(CN1CCCCCC1CO)NCCO. The van der Waals surface area contributed by atoms with Gasteiger partial charge in [-0.05, 0) is 19.4 Å². The van der Waals surface area contributed by atoms with Crippen LogP contribution in [-0.2, 0) is 4.79 Å². The molecule has 1 rings (SSSR count). The van der Waals surface area contributed by atoms with Crippen LogP contribution in [0, 0.1) is 0 Å². The van der Waals surface area contributed by atoms with Gasteiger partial charge in [-0.3, -0.25) is 9.69 Å². The van der Waals surface area contributed by atoms with Gasteiger partial charge in [0.2, 0.25) is 5.91 Å². The van der Waals surface area contributed by atoms with Crippen LogP contribution in [-0.4, -0.2) is 59.9 Å². The molecule has 0 aromatic heterocycles. The molecule has 3 N–H and O–H groups in total. The molecule has 1 heterocycles. The number of carbonyl (C=O) groups excluding carboxylic acids is 1. The number of likely N-dealkylation sites (tertiary alicyclic amines) is 1. The molecule has 0 aromatic rings. The van der Waals surface area contributed by atoms with E-state index in [4.69, 9.17) is 5.11 Å². The molecule has 0 aromatic carbocycles. The van der Waals surface area contributed by atoms with E-state index >= 15 is 0 Å². The monoisotopic (exact) mass is 230 g/mol. The topological polar surface area (TPSA) is 72.8 Å². The summed E-state index contributed by atoms with van der Waals surface area (Å²) in [4.78, 5) is 13.5. The average Bonchev–Trinajstić information content (AvgIpc) is 2.51. The summed E-state index contributed by atoms with van der Waals surface area (Å²) >= 11 is 0. The molecule has 5 nitrogen and oxygen atoms in total. The maximum absolute atomic E-state index is 11.5. The zero-order chi connectivity index (χ0) is 11.8. The number of rotatable bonds is 5. The molecule has 1 unspecified atom stereocenters. The van der Waals surface area contributed by atoms with Gasteiger partial charge in [-0.15, -0.1) is 0 Å². The highest BCUT2D eigenvalue weighted by molar-refractivity contribution is 5.78. The van der Waals surface area contributed by atoms with Crippen molar-refractivity contribution in [2.24, 2.45) is 0 Å². The van der Waals surface area contributed by atoms with E-state index in [1.807, 2.05) is 4.90 Å². The lowest BCUT2D eigenvalue weighted by Crippen LogP contribution is -2.44. The van der Waals surface area contributed by atoms with E-state index in [0.29, 0.717) is 13.1 Å². The fraction of sp³-hybridized carbons (Fsp3) is 0.909. The number of hydrogen-bond donors (Lipinski definition) is 3. The van der Waals surface area contributed by atoms with Crippen molar-refractivity contribution >= 4 is 5.91 Å². The maximum Gasteiger partial charge on any atom is 0.234 e. The molecule has 0 bridgehead atoms. The van der Waals surface area contributed by atoms with Crippen LogP contribution in [0.15, 0.2) is 0 Å². The highest BCUT2D eigenvalue weighted by Gasteiger charge is 2.21. The molecule has 1 fully saturated rings. The summed E-state index contributed by atoms with van der Waals surface area (Å²) in [6.07, 6.45) is 4.35. The standard InChI is InChI=1S/C11H22N2O3/c14-7-5-12-11(16)8-13-6-3-1-2-4-10(13)9-15/h10,14-15H,1-9H2,(H,12,16). The van der Waals surface area contributed by atoms with Crippen LogP contribution in [0.3, 0.4) is 0 Å². The fourth-order valence-electron chi connectivity index (χ4n) is 2.09. The van der Waals surface area contributed by atoms with Crippen LogP contribution in [0.5, 0.6) is 0 Å². The van der Waals surface area contributed by atoms with Crippen LogP contribution < -0.4 is 5.32 Å². The molecular formula is C11H22N2O3. The van der Waals surface area contributed by atoms with Crippen LogP contribution in [0.1, 0.15) is 25.7 Å². The number of aliphatic hydroxyl groups excluding tert-OH is 2. The van der Waals surface area contributed by atoms with Gasteiger partial charge in [-0.25, -0.2) is 0 Å². The quantitative estimate of drug-likeness (QED) is 0.586. The molecule has 0 saturated carbocycles. The molecule has 1 saturated heterocycles. The maximum atomic E-state index is 11.5. The number of nitrogens with one attached hydrogen (secondary N) is 1. The van der Waals surface area contributed by atoms with Gasteiger partial charge in [0.25, 0.3) is 0 Å². The van der Waals surface area contributed by atoms with E-state index in [-0.39, 0.29) is 25.2 Å². The van der Waals surface area contributed by atoms with Crippen molar-refractivity contribution in [1.29, 1.82) is 0 Å². The summed E-state index contributed by atoms with van der Waals surface area (Å²) in [6, 6.07) is 0.113. The molecule has 1 atom stereocenters. The van der Waals surface area contributed by atoms with Gasteiger partial charge in [0.15, 0.2) is 0 Å². The Hall–Kier alpha value is -0.650. The average molecular weight is 230 g/mol. The Bertz CT molecular complexity index is 211. The number of aliphatic hydroxyl groups is 2. The van der Waals surface area contributed by atoms with Crippen LogP contribution >= 0.6 is 0 Å². The Labute approximate surface area is 96.4 Å². The van der Waals surface area contributed by atoms with Crippen molar-refractivity contribution in [3.05, 3.63) is 0 Å². The van der Waals surface area contributed by atoms with Crippen LogP contribution in [0.25, 0.3) is 0 Å². The Morgan fingerprint density at radius 1 is 1.31 bits per heavy atom. The first-order valence-corrected chi connectivity index (χ1v) is 6.00. The molecule has 1 amide bonds. The molecular weight excluding hydrogens is 208 g/mol. The lowest BCUT2D eigenvalue weighted by atomic mass is 10.1. The smallest absolute Gasteiger partial charge is 0.234 e. The van der Waals surface area contributed by atoms with E-state index in [2.05, 4.69) is 5.32 Å². The number of nitrogens with zero attached hydrogens (tertiary/aromatic N) is 1. The number of carbonyl (C=O) groups is 1. The fourth-order valence-corrected chi connectivity index (χ4v) is 2.09. The summed E-state index contributed by atoms with van der Waals surface area (Å²) in [5.74, 6) is -0.0746. The van der Waals surface area contributed by atoms with Gasteiger partial charge in [0, 0.05) is 12.6 Å². The highest BCUT2D eigenvalue weighted by Crippen LogP contribution is 2.15. The molecule has 0 radical (unpaired) electrons. The summed E-state index contributed by atoms with van der Waals surface area (Å²) in [7, 11) is 0. The van der Waals surface area contributed by atoms with Gasteiger partial charge in [-0.1, -0.05) is 12.8 Å². The molecule has 0 aliphatic carbocycles. The van der Waals surface area contributed by atoms with Gasteiger partial charge in [0.05, 0.1) is 19.8 Å². The normalized spacial score (nSPS) is 22.8. The second-order valence-electron chi connectivity index (χ2n) is 4.23. The summed E-state index contributed by atoms with van der Waals surface area (Å²) < 4.78 is 0. The molecule has 0 spiro atoms.